The smallest absolute Gasteiger partial charge is 0.550 e. The molecule has 0 aromatic heterocycles. The summed E-state index contributed by atoms with van der Waals surface area (Å²) >= 11 is 0. The summed E-state index contributed by atoms with van der Waals surface area (Å²) in [5, 5.41) is 29.6. The van der Waals surface area contributed by atoms with Crippen LogP contribution in [-0.4, -0.2) is 35.5 Å². The molecule has 0 amide bonds. The first-order valence-electron chi connectivity index (χ1n) is 8.54. The van der Waals surface area contributed by atoms with Crippen LogP contribution >= 0.6 is 0 Å². The molecule has 0 radical (unpaired) electrons. The summed E-state index contributed by atoms with van der Waals surface area (Å²) in [6, 6.07) is 7.35. The standard InChI is InChI=1S/C22H24O5.Na/c1-27-21-16-14-18(15-17-21)8-6-11-19(23)9-4-2-3-5-10-20(24)12-7-13-22(25)26;/h2-4,9,14-17,19-20,23-24H,7,11-13H2,1H3,(H,25,26);/q;+1/p-1/b3-2+,9-4+;/t19-,20-;/m0./s1. The number of aliphatic hydroxyl groups excluding tert-OH is 2. The molecule has 2 N–H and O–H groups in total. The van der Waals surface area contributed by atoms with Crippen LogP contribution in [0.1, 0.15) is 31.2 Å². The Kier molecular flexibility index (Phi) is 14.9. The van der Waals surface area contributed by atoms with E-state index in [1.807, 2.05) is 24.3 Å². The summed E-state index contributed by atoms with van der Waals surface area (Å²) in [5.41, 5.74) is 0.848. The van der Waals surface area contributed by atoms with Crippen LogP contribution in [-0.2, 0) is 4.79 Å². The largest absolute Gasteiger partial charge is 1.00 e. The van der Waals surface area contributed by atoms with Gasteiger partial charge in [0.2, 0.25) is 0 Å². The van der Waals surface area contributed by atoms with Gasteiger partial charge in [-0.15, -0.1) is 0 Å². The molecule has 0 saturated carbocycles. The van der Waals surface area contributed by atoms with Gasteiger partial charge in [0.15, 0.2) is 0 Å². The number of aliphatic carboxylic acids is 1. The normalized spacial score (nSPS) is 12.2. The summed E-state index contributed by atoms with van der Waals surface area (Å²) in [5.74, 6) is 10.7. The Balaban J connectivity index is 0.00000729. The third kappa shape index (κ3) is 13.2. The molecule has 0 aliphatic carbocycles. The van der Waals surface area contributed by atoms with Crippen molar-refractivity contribution in [1.82, 2.24) is 0 Å². The molecule has 1 rings (SSSR count). The van der Waals surface area contributed by atoms with Gasteiger partial charge in [0.25, 0.3) is 0 Å². The van der Waals surface area contributed by atoms with Gasteiger partial charge in [0.05, 0.1) is 13.2 Å². The van der Waals surface area contributed by atoms with Gasteiger partial charge >= 0.3 is 29.6 Å². The average molecular weight is 390 g/mol. The number of carbonyl (C=O) groups is 1. The molecular weight excluding hydrogens is 367 g/mol. The molecule has 0 unspecified atom stereocenters. The van der Waals surface area contributed by atoms with Crippen LogP contribution in [0, 0.1) is 23.7 Å². The fourth-order valence-corrected chi connectivity index (χ4v) is 1.95. The molecule has 0 fully saturated rings. The molecule has 0 spiro atoms. The first-order chi connectivity index (χ1) is 13.0. The molecule has 1 aromatic rings. The molecule has 2 atom stereocenters. The van der Waals surface area contributed by atoms with Crippen molar-refractivity contribution in [1.29, 1.82) is 0 Å². The van der Waals surface area contributed by atoms with E-state index >= 15 is 0 Å². The van der Waals surface area contributed by atoms with E-state index in [1.165, 1.54) is 6.08 Å². The topological polar surface area (TPSA) is 89.8 Å². The number of carbonyl (C=O) groups excluding carboxylic acids is 1. The first kappa shape index (κ1) is 26.0. The maximum absolute atomic E-state index is 10.2. The Hall–Kier alpha value is -1.99. The van der Waals surface area contributed by atoms with Crippen LogP contribution in [0.25, 0.3) is 0 Å². The quantitative estimate of drug-likeness (QED) is 0.311. The van der Waals surface area contributed by atoms with Crippen LogP contribution in [0.3, 0.4) is 0 Å². The van der Waals surface area contributed by atoms with Crippen molar-refractivity contribution >= 4 is 5.97 Å². The van der Waals surface area contributed by atoms with Gasteiger partial charge in [0, 0.05) is 18.0 Å². The molecular formula is C22H23NaO5. The molecule has 0 heterocycles. The number of allylic oxidation sites excluding steroid dienone is 3. The summed E-state index contributed by atoms with van der Waals surface area (Å²) in [6.07, 6.45) is 5.70. The van der Waals surface area contributed by atoms with Crippen LogP contribution in [0.2, 0.25) is 0 Å². The van der Waals surface area contributed by atoms with Crippen LogP contribution in [0.5, 0.6) is 5.75 Å². The fourth-order valence-electron chi connectivity index (χ4n) is 1.95. The van der Waals surface area contributed by atoms with Crippen molar-refractivity contribution in [2.24, 2.45) is 0 Å². The van der Waals surface area contributed by atoms with Crippen molar-refractivity contribution < 1.29 is 54.4 Å². The monoisotopic (exact) mass is 390 g/mol. The van der Waals surface area contributed by atoms with E-state index in [0.29, 0.717) is 12.8 Å². The van der Waals surface area contributed by atoms with E-state index in [-0.39, 0.29) is 42.4 Å². The second-order valence-electron chi connectivity index (χ2n) is 5.61. The van der Waals surface area contributed by atoms with E-state index in [1.54, 1.807) is 25.3 Å². The van der Waals surface area contributed by atoms with Crippen molar-refractivity contribution in [3.63, 3.8) is 0 Å². The van der Waals surface area contributed by atoms with Gasteiger partial charge in [0.1, 0.15) is 11.9 Å². The first-order valence-corrected chi connectivity index (χ1v) is 8.54. The van der Waals surface area contributed by atoms with Crippen molar-refractivity contribution in [2.75, 3.05) is 7.11 Å². The average Bonchev–Trinajstić information content (AvgIpc) is 2.64. The SMILES string of the molecule is COc1ccc(C#CC[C@@H](O)/C=C/C=C/C#C[C@H](O)CCCC(=O)[O-])cc1.[Na+]. The summed E-state index contributed by atoms with van der Waals surface area (Å²) in [6.45, 7) is 0. The minimum Gasteiger partial charge on any atom is -0.550 e. The predicted molar refractivity (Wildman–Crippen MR) is 101 cm³/mol. The van der Waals surface area contributed by atoms with E-state index in [4.69, 9.17) is 4.74 Å². The summed E-state index contributed by atoms with van der Waals surface area (Å²) in [4.78, 5) is 10.2. The number of methoxy groups -OCH3 is 1. The van der Waals surface area contributed by atoms with Gasteiger partial charge in [-0.1, -0.05) is 41.9 Å². The van der Waals surface area contributed by atoms with Crippen LogP contribution < -0.4 is 39.4 Å². The minimum atomic E-state index is -1.13. The zero-order valence-corrected chi connectivity index (χ0v) is 18.2. The van der Waals surface area contributed by atoms with Crippen LogP contribution in [0.4, 0.5) is 0 Å². The van der Waals surface area contributed by atoms with E-state index in [2.05, 4.69) is 23.7 Å². The molecule has 0 bridgehead atoms. The Morgan fingerprint density at radius 2 is 1.96 bits per heavy atom. The molecule has 5 nitrogen and oxygen atoms in total. The van der Waals surface area contributed by atoms with Crippen molar-refractivity contribution in [3.8, 4) is 29.4 Å². The number of hydrogen-bond acceptors (Lipinski definition) is 5. The zero-order chi connectivity index (χ0) is 19.9. The Labute approximate surface area is 188 Å². The van der Waals surface area contributed by atoms with E-state index < -0.39 is 18.2 Å². The summed E-state index contributed by atoms with van der Waals surface area (Å²) < 4.78 is 5.07. The Morgan fingerprint density at radius 1 is 1.25 bits per heavy atom. The van der Waals surface area contributed by atoms with Crippen molar-refractivity contribution in [2.45, 2.75) is 37.9 Å². The van der Waals surface area contributed by atoms with Gasteiger partial charge in [-0.2, -0.15) is 0 Å². The van der Waals surface area contributed by atoms with Gasteiger partial charge in [-0.3, -0.25) is 0 Å². The third-order valence-electron chi connectivity index (χ3n) is 3.37. The van der Waals surface area contributed by atoms with E-state index in [9.17, 15) is 20.1 Å². The Morgan fingerprint density at radius 3 is 2.61 bits per heavy atom. The molecule has 6 heteroatoms. The second kappa shape index (κ2) is 16.0. The number of aliphatic hydroxyl groups is 2. The molecule has 1 aromatic carbocycles. The minimum absolute atomic E-state index is 0. The van der Waals surface area contributed by atoms with Crippen molar-refractivity contribution in [3.05, 3.63) is 54.1 Å². The molecule has 0 aliphatic rings. The molecule has 142 valence electrons. The van der Waals surface area contributed by atoms with Gasteiger partial charge in [-0.05, 0) is 49.6 Å². The Bertz CT molecular complexity index is 760. The maximum atomic E-state index is 10.2. The number of carboxylic acid groups (broad SMARTS) is 1. The number of ether oxygens (including phenoxy) is 1. The molecule has 28 heavy (non-hydrogen) atoms. The number of carboxylic acids is 1. The fraction of sp³-hybridized carbons (Fsp3) is 0.318. The number of hydrogen-bond donors (Lipinski definition) is 2. The van der Waals surface area contributed by atoms with Gasteiger partial charge in [-0.25, -0.2) is 0 Å². The number of benzene rings is 1. The van der Waals surface area contributed by atoms with Crippen LogP contribution in [0.15, 0.2) is 48.6 Å². The van der Waals surface area contributed by atoms with Gasteiger partial charge < -0.3 is 24.9 Å². The third-order valence-corrected chi connectivity index (χ3v) is 3.37. The van der Waals surface area contributed by atoms with E-state index in [0.717, 1.165) is 11.3 Å². The second-order valence-corrected chi connectivity index (χ2v) is 5.61. The predicted octanol–water partition coefficient (Wildman–Crippen LogP) is -1.80. The number of rotatable bonds is 8. The maximum Gasteiger partial charge on any atom is 1.00 e. The molecule has 0 saturated heterocycles. The summed E-state index contributed by atoms with van der Waals surface area (Å²) in [7, 11) is 1.60. The zero-order valence-electron chi connectivity index (χ0n) is 16.2. The molecule has 0 aliphatic heterocycles.